The fourth-order valence-electron chi connectivity index (χ4n) is 18.0. The standard InChI is InChI=1S/C90H154N4O42/c1-7-9-11-13-15-17-19-21-22-24-26-28-30-32-34-36-64(110)94-53(54(105)35-33-31-29-27-25-23-20-18-16-14-12-10-8-2)47-125-83-74(117)73(116)76(62(45-99)127-83)129-84-75(118)81(77(63(46-100)128-84)130-82-52(37-48(3)101)68(111)70(113)59(42-96)126-82)136-90(87(123)124)40-57(108)67(93-51(6)104)80(135-90)72(115)61(44-98)132-89(86(121)122)39-56(107)66(92-50(5)103)79(134-89)71(114)60(43-97)131-88(85(119)120)38-55(106)65(91-49(4)102)78(133-88)69(112)58(109)41-95/h21-22,33,35,52-63,65-84,95-100,105-109,111-118H,7-20,23-32,34,36-47H2,1-6H3,(H,91,102)(H,92,103)(H,93,104)(H,94,110)(H,119,120)(H,121,122)(H,123,124). The van der Waals surface area contributed by atoms with Gasteiger partial charge in [0.15, 0.2) is 18.9 Å². The summed E-state index contributed by atoms with van der Waals surface area (Å²) in [4.78, 5) is 107. The highest BCUT2D eigenvalue weighted by Crippen LogP contribution is 2.45. The number of carboxylic acid groups (broad SMARTS) is 3. The van der Waals surface area contributed by atoms with Crippen molar-refractivity contribution in [3.05, 3.63) is 24.3 Å². The van der Waals surface area contributed by atoms with E-state index < -0.39 is 332 Å². The van der Waals surface area contributed by atoms with Gasteiger partial charge in [-0.25, -0.2) is 14.4 Å². The third-order valence-corrected chi connectivity index (χ3v) is 25.4. The Morgan fingerprint density at radius 2 is 0.809 bits per heavy atom. The Kier molecular flexibility index (Phi) is 51.9. The summed E-state index contributed by atoms with van der Waals surface area (Å²) in [6, 6.07) is -7.30. The fraction of sp³-hybridized carbons (Fsp3) is 0.867. The predicted octanol–water partition coefficient (Wildman–Crippen LogP) is -3.65. The maximum atomic E-state index is 14.4. The second-order valence-electron chi connectivity index (χ2n) is 36.4. The Morgan fingerprint density at radius 3 is 1.23 bits per heavy atom. The summed E-state index contributed by atoms with van der Waals surface area (Å²) >= 11 is 0. The van der Waals surface area contributed by atoms with Gasteiger partial charge in [0.05, 0.1) is 101 Å². The van der Waals surface area contributed by atoms with E-state index in [9.17, 15) is 151 Å². The van der Waals surface area contributed by atoms with E-state index in [0.717, 1.165) is 105 Å². The van der Waals surface area contributed by atoms with Crippen LogP contribution in [0.5, 0.6) is 0 Å². The van der Waals surface area contributed by atoms with E-state index in [1.54, 1.807) is 6.08 Å². The Balaban J connectivity index is 1.32. The van der Waals surface area contributed by atoms with Gasteiger partial charge in [-0.2, -0.15) is 0 Å². The molecule has 4 amide bonds. The van der Waals surface area contributed by atoms with Crippen LogP contribution in [0, 0.1) is 5.92 Å². The molecule has 35 atom stereocenters. The molecule has 6 saturated heterocycles. The first kappa shape index (κ1) is 119. The lowest BCUT2D eigenvalue weighted by atomic mass is 9.86. The molecule has 0 aromatic heterocycles. The minimum atomic E-state index is -3.71. The number of carboxylic acids is 3. The Labute approximate surface area is 790 Å². The SMILES string of the molecule is CCCCCCCCC=CCCCCCCCC(=O)NC(COC1OC(CO)C(OC2OC(CO)C(OC3OC(CO)C(O)C(O)C3CC(C)=O)C(OC3(C(=O)O)CC(O)C(NC(C)=O)C(C(O)C(CO)OC4(C(=O)O)CC(O)C(NC(C)=O)C(C(O)C(CO)OC5(C(=O)O)CC(O)C(NC(C)=O)C(C(O)C(O)CO)O5)O4)O3)C2O)C(O)C1O)C(O)C=CCCCCCCCCCCCCC. The first-order valence-corrected chi connectivity index (χ1v) is 47.7. The van der Waals surface area contributed by atoms with Crippen LogP contribution in [0.25, 0.3) is 0 Å². The van der Waals surface area contributed by atoms with E-state index in [4.69, 9.17) is 56.8 Å². The molecule has 0 aromatic carbocycles. The molecule has 6 heterocycles. The van der Waals surface area contributed by atoms with E-state index in [-0.39, 0.29) is 6.42 Å². The van der Waals surface area contributed by atoms with Gasteiger partial charge in [0.2, 0.25) is 23.6 Å². The molecular weight excluding hydrogens is 1810 g/mol. The summed E-state index contributed by atoms with van der Waals surface area (Å²) < 4.78 is 71.9. The molecule has 0 radical (unpaired) electrons. The van der Waals surface area contributed by atoms with Crippen LogP contribution in [0.15, 0.2) is 24.3 Å². The van der Waals surface area contributed by atoms with E-state index >= 15 is 0 Å². The Bertz CT molecular complexity index is 3620. The van der Waals surface area contributed by atoms with Crippen molar-refractivity contribution in [2.75, 3.05) is 46.2 Å². The van der Waals surface area contributed by atoms with Crippen molar-refractivity contribution < 1.29 is 208 Å². The monoisotopic (exact) mass is 1960 g/mol. The molecule has 26 N–H and O–H groups in total. The van der Waals surface area contributed by atoms with Crippen LogP contribution in [-0.2, 0) is 95.2 Å². The van der Waals surface area contributed by atoms with Gasteiger partial charge < -0.3 is 195 Å². The summed E-state index contributed by atoms with van der Waals surface area (Å²) in [6.45, 7) is -0.634. The molecule has 6 aliphatic heterocycles. The lowest BCUT2D eigenvalue weighted by Gasteiger charge is -2.53. The fourth-order valence-corrected chi connectivity index (χ4v) is 18.0. The maximum absolute atomic E-state index is 14.4. The van der Waals surface area contributed by atoms with E-state index in [1.807, 2.05) is 0 Å². The Morgan fingerprint density at radius 1 is 0.419 bits per heavy atom. The number of unbranched alkanes of at least 4 members (excludes halogenated alkanes) is 22. The third kappa shape index (κ3) is 34.2. The molecule has 46 heteroatoms. The van der Waals surface area contributed by atoms with Crippen LogP contribution in [0.3, 0.4) is 0 Å². The molecule has 786 valence electrons. The number of hydrogen-bond donors (Lipinski definition) is 26. The van der Waals surface area contributed by atoms with Gasteiger partial charge in [-0.15, -0.1) is 0 Å². The molecule has 0 aromatic rings. The molecular formula is C90H154N4O42. The van der Waals surface area contributed by atoms with E-state index in [1.165, 1.54) is 76.7 Å². The lowest BCUT2D eigenvalue weighted by Crippen LogP contribution is -2.72. The van der Waals surface area contributed by atoms with Crippen LogP contribution in [-0.4, -0.2) is 413 Å². The smallest absolute Gasteiger partial charge is 0.364 e. The zero-order valence-electron chi connectivity index (χ0n) is 78.5. The molecule has 46 nitrogen and oxygen atoms in total. The summed E-state index contributed by atoms with van der Waals surface area (Å²) in [5, 5.41) is 261. The predicted molar refractivity (Wildman–Crippen MR) is 470 cm³/mol. The number of amides is 4. The number of carbonyl (C=O) groups excluding carboxylic acids is 5. The zero-order valence-corrected chi connectivity index (χ0v) is 78.5. The van der Waals surface area contributed by atoms with Gasteiger partial charge in [0, 0.05) is 58.8 Å². The van der Waals surface area contributed by atoms with Crippen molar-refractivity contribution in [3.8, 4) is 0 Å². The normalized spacial score (nSPS) is 34.1. The van der Waals surface area contributed by atoms with Crippen LogP contribution in [0.2, 0.25) is 0 Å². The van der Waals surface area contributed by atoms with Crippen LogP contribution in [0.1, 0.15) is 234 Å². The largest absolute Gasteiger partial charge is 0.477 e. The average Bonchev–Trinajstić information content (AvgIpc) is 0.732. The van der Waals surface area contributed by atoms with Crippen molar-refractivity contribution in [2.24, 2.45) is 5.92 Å². The number of aliphatic hydroxyl groups is 19. The highest BCUT2D eigenvalue weighted by Gasteiger charge is 2.65. The van der Waals surface area contributed by atoms with Crippen LogP contribution in [0.4, 0.5) is 0 Å². The number of aliphatic carboxylic acids is 3. The zero-order chi connectivity index (χ0) is 101. The highest BCUT2D eigenvalue weighted by atomic mass is 16.8. The molecule has 35 unspecified atom stereocenters. The van der Waals surface area contributed by atoms with Crippen molar-refractivity contribution in [3.63, 3.8) is 0 Å². The van der Waals surface area contributed by atoms with Crippen molar-refractivity contribution in [1.82, 2.24) is 21.3 Å². The highest BCUT2D eigenvalue weighted by molar-refractivity contribution is 5.79. The van der Waals surface area contributed by atoms with Gasteiger partial charge in [-0.1, -0.05) is 154 Å². The number of hydrogen-bond acceptors (Lipinski definition) is 39. The minimum Gasteiger partial charge on any atom is -0.477 e. The molecule has 0 spiro atoms. The average molecular weight is 1960 g/mol. The number of ether oxygens (including phenoxy) is 12. The topological polar surface area (TPSA) is 741 Å². The van der Waals surface area contributed by atoms with E-state index in [2.05, 4.69) is 47.3 Å². The molecule has 6 fully saturated rings. The van der Waals surface area contributed by atoms with Crippen molar-refractivity contribution in [2.45, 2.75) is 441 Å². The first-order valence-electron chi connectivity index (χ1n) is 47.7. The third-order valence-electron chi connectivity index (χ3n) is 25.4. The number of ketones is 1. The number of Topliss-reactive ketones (excluding diaryl/α,β-unsaturated/α-hetero) is 1. The number of carbonyl (C=O) groups is 8. The molecule has 136 heavy (non-hydrogen) atoms. The van der Waals surface area contributed by atoms with E-state index in [0.29, 0.717) is 12.8 Å². The van der Waals surface area contributed by atoms with Crippen molar-refractivity contribution in [1.29, 1.82) is 0 Å². The van der Waals surface area contributed by atoms with Gasteiger partial charge in [-0.05, 0) is 51.9 Å². The lowest BCUT2D eigenvalue weighted by molar-refractivity contribution is -0.404. The van der Waals surface area contributed by atoms with Gasteiger partial charge >= 0.3 is 17.9 Å². The summed E-state index contributed by atoms with van der Waals surface area (Å²) in [5.74, 6) is -23.6. The summed E-state index contributed by atoms with van der Waals surface area (Å²) in [7, 11) is 0. The van der Waals surface area contributed by atoms with Crippen molar-refractivity contribution >= 4 is 47.3 Å². The summed E-state index contributed by atoms with van der Waals surface area (Å²) in [6.07, 6.45) is -32.9. The van der Waals surface area contributed by atoms with Crippen LogP contribution >= 0.6 is 0 Å². The number of rotatable bonds is 63. The van der Waals surface area contributed by atoms with Gasteiger partial charge in [-0.3, -0.25) is 19.2 Å². The number of allylic oxidation sites excluding steroid dienone is 3. The summed E-state index contributed by atoms with van der Waals surface area (Å²) in [5.41, 5.74) is 0. The van der Waals surface area contributed by atoms with Gasteiger partial charge in [0.25, 0.3) is 17.4 Å². The second kappa shape index (κ2) is 59.3. The molecule has 0 saturated carbocycles. The Hall–Kier alpha value is -5.80. The molecule has 0 bridgehead atoms. The molecule has 6 rings (SSSR count). The number of aliphatic hydroxyl groups excluding tert-OH is 19. The number of nitrogens with one attached hydrogen (secondary N) is 4. The minimum absolute atomic E-state index is 0.0689. The molecule has 0 aliphatic carbocycles. The van der Waals surface area contributed by atoms with Gasteiger partial charge in [0.1, 0.15) is 122 Å². The quantitative estimate of drug-likeness (QED) is 0.0206. The van der Waals surface area contributed by atoms with Crippen LogP contribution < -0.4 is 21.3 Å². The maximum Gasteiger partial charge on any atom is 0.364 e. The first-order chi connectivity index (χ1) is 64.6. The molecule has 6 aliphatic rings. The second-order valence-corrected chi connectivity index (χ2v) is 36.4.